The van der Waals surface area contributed by atoms with E-state index in [1.807, 2.05) is 12.1 Å². The first kappa shape index (κ1) is 14.6. The van der Waals surface area contributed by atoms with Gasteiger partial charge in [0.05, 0.1) is 12.7 Å². The molecule has 104 valence electrons. The van der Waals surface area contributed by atoms with Crippen molar-refractivity contribution in [3.63, 3.8) is 0 Å². The lowest BCUT2D eigenvalue weighted by atomic mass is 10.2. The number of nitrogens with one attached hydrogen (secondary N) is 2. The van der Waals surface area contributed by atoms with E-state index in [4.69, 9.17) is 11.6 Å². The van der Waals surface area contributed by atoms with Crippen molar-refractivity contribution < 1.29 is 4.79 Å². The van der Waals surface area contributed by atoms with Gasteiger partial charge in [0.1, 0.15) is 9.34 Å². The minimum atomic E-state index is -0.108. The van der Waals surface area contributed by atoms with Crippen molar-refractivity contribution in [3.8, 4) is 0 Å². The van der Waals surface area contributed by atoms with Gasteiger partial charge < -0.3 is 10.6 Å². The molecule has 1 aromatic carbocycles. The first-order chi connectivity index (χ1) is 9.69. The number of benzene rings is 1. The van der Waals surface area contributed by atoms with Gasteiger partial charge in [-0.3, -0.25) is 4.79 Å². The molecule has 0 aliphatic rings. The normalized spacial score (nSPS) is 10.1. The summed E-state index contributed by atoms with van der Waals surface area (Å²) in [5, 5.41) is 6.87. The molecule has 0 fully saturated rings. The molecule has 0 atom stereocenters. The number of nitrogens with zero attached hydrogens (tertiary/aromatic N) is 1. The van der Waals surface area contributed by atoms with Crippen molar-refractivity contribution in [1.29, 1.82) is 0 Å². The molecule has 6 heteroatoms. The zero-order valence-corrected chi connectivity index (χ0v) is 12.3. The third kappa shape index (κ3) is 4.08. The number of aromatic nitrogens is 1. The second-order valence-corrected chi connectivity index (χ2v) is 5.73. The molecule has 0 saturated heterocycles. The molecular weight excluding hydrogens is 294 g/mol. The topological polar surface area (TPSA) is 54.0 Å². The van der Waals surface area contributed by atoms with Crippen molar-refractivity contribution in [3.05, 3.63) is 58.0 Å². The number of amides is 1. The van der Waals surface area contributed by atoms with Crippen LogP contribution < -0.4 is 10.6 Å². The zero-order chi connectivity index (χ0) is 14.4. The number of halogens is 1. The lowest BCUT2D eigenvalue weighted by Crippen LogP contribution is -2.23. The molecule has 1 amide bonds. The highest BCUT2D eigenvalue weighted by molar-refractivity contribution is 7.15. The molecule has 2 N–H and O–H groups in total. The molecule has 0 spiro atoms. The average molecular weight is 308 g/mol. The van der Waals surface area contributed by atoms with Crippen LogP contribution in [0.4, 0.5) is 5.69 Å². The standard InChI is InChI=1S/C14H14ClN3OS/c1-2-7-16-14(19)10-3-5-11(6-4-10)17-9-13-18-8-12(15)20-13/h2-6,8,17H,1,7,9H2,(H,16,19). The van der Waals surface area contributed by atoms with E-state index in [-0.39, 0.29) is 5.91 Å². The van der Waals surface area contributed by atoms with Gasteiger partial charge in [-0.15, -0.1) is 17.9 Å². The van der Waals surface area contributed by atoms with Crippen LogP contribution >= 0.6 is 22.9 Å². The summed E-state index contributed by atoms with van der Waals surface area (Å²) in [4.78, 5) is 15.9. The van der Waals surface area contributed by atoms with E-state index in [0.717, 1.165) is 10.7 Å². The Kier molecular flexibility index (Phi) is 5.15. The first-order valence-electron chi connectivity index (χ1n) is 6.02. The van der Waals surface area contributed by atoms with Gasteiger partial charge in [-0.25, -0.2) is 4.98 Å². The van der Waals surface area contributed by atoms with Crippen LogP contribution in [0.1, 0.15) is 15.4 Å². The van der Waals surface area contributed by atoms with Crippen LogP contribution in [-0.2, 0) is 6.54 Å². The highest BCUT2D eigenvalue weighted by Crippen LogP contribution is 2.19. The van der Waals surface area contributed by atoms with E-state index >= 15 is 0 Å². The summed E-state index contributed by atoms with van der Waals surface area (Å²) in [6, 6.07) is 7.27. The molecule has 1 aromatic heterocycles. The summed E-state index contributed by atoms with van der Waals surface area (Å²) in [6.45, 7) is 4.63. The molecule has 0 bridgehead atoms. The fraction of sp³-hybridized carbons (Fsp3) is 0.143. The maximum atomic E-state index is 11.7. The third-order valence-electron chi connectivity index (χ3n) is 2.52. The minimum Gasteiger partial charge on any atom is -0.379 e. The van der Waals surface area contributed by atoms with E-state index in [1.165, 1.54) is 11.3 Å². The van der Waals surface area contributed by atoms with Crippen molar-refractivity contribution >= 4 is 34.5 Å². The van der Waals surface area contributed by atoms with E-state index in [9.17, 15) is 4.79 Å². The predicted molar refractivity (Wildman–Crippen MR) is 83.4 cm³/mol. The molecule has 20 heavy (non-hydrogen) atoms. The average Bonchev–Trinajstić information content (AvgIpc) is 2.89. The summed E-state index contributed by atoms with van der Waals surface area (Å²) in [7, 11) is 0. The van der Waals surface area contributed by atoms with Gasteiger partial charge in [0.25, 0.3) is 5.91 Å². The molecule has 4 nitrogen and oxygen atoms in total. The molecule has 0 radical (unpaired) electrons. The Hall–Kier alpha value is -1.85. The predicted octanol–water partition coefficient (Wildman–Crippen LogP) is 3.32. The van der Waals surface area contributed by atoms with Crippen molar-refractivity contribution in [2.75, 3.05) is 11.9 Å². The fourth-order valence-electron chi connectivity index (χ4n) is 1.55. The number of carbonyl (C=O) groups is 1. The minimum absolute atomic E-state index is 0.108. The second kappa shape index (κ2) is 7.07. The van der Waals surface area contributed by atoms with Gasteiger partial charge in [0, 0.05) is 17.8 Å². The van der Waals surface area contributed by atoms with Gasteiger partial charge in [-0.2, -0.15) is 0 Å². The summed E-state index contributed by atoms with van der Waals surface area (Å²) in [5.41, 5.74) is 1.55. The Labute approximate surface area is 126 Å². The van der Waals surface area contributed by atoms with Crippen LogP contribution in [0.15, 0.2) is 43.1 Å². The lowest BCUT2D eigenvalue weighted by Gasteiger charge is -2.06. The van der Waals surface area contributed by atoms with Crippen LogP contribution in [0.2, 0.25) is 4.34 Å². The van der Waals surface area contributed by atoms with Crippen LogP contribution in [0, 0.1) is 0 Å². The maximum absolute atomic E-state index is 11.7. The highest BCUT2D eigenvalue weighted by atomic mass is 35.5. The van der Waals surface area contributed by atoms with Crippen molar-refractivity contribution in [1.82, 2.24) is 10.3 Å². The highest BCUT2D eigenvalue weighted by Gasteiger charge is 2.04. The number of carbonyl (C=O) groups excluding carboxylic acids is 1. The van der Waals surface area contributed by atoms with Crippen molar-refractivity contribution in [2.45, 2.75) is 6.54 Å². The molecule has 2 aromatic rings. The Morgan fingerprint density at radius 3 is 2.75 bits per heavy atom. The fourth-order valence-corrected chi connectivity index (χ4v) is 2.45. The molecule has 0 aliphatic heterocycles. The monoisotopic (exact) mass is 307 g/mol. The van der Waals surface area contributed by atoms with E-state index in [2.05, 4.69) is 22.2 Å². The number of anilines is 1. The number of thiazole rings is 1. The molecule has 0 saturated carbocycles. The van der Waals surface area contributed by atoms with Crippen LogP contribution in [0.5, 0.6) is 0 Å². The van der Waals surface area contributed by atoms with Gasteiger partial charge in [-0.1, -0.05) is 17.7 Å². The number of rotatable bonds is 6. The molecule has 2 rings (SSSR count). The molecule has 0 aliphatic carbocycles. The van der Waals surface area contributed by atoms with Crippen LogP contribution in [0.3, 0.4) is 0 Å². The van der Waals surface area contributed by atoms with Crippen LogP contribution in [-0.4, -0.2) is 17.4 Å². The lowest BCUT2D eigenvalue weighted by molar-refractivity contribution is 0.0958. The smallest absolute Gasteiger partial charge is 0.251 e. The molecule has 0 unspecified atom stereocenters. The first-order valence-corrected chi connectivity index (χ1v) is 7.21. The van der Waals surface area contributed by atoms with Gasteiger partial charge in [0.15, 0.2) is 0 Å². The van der Waals surface area contributed by atoms with Gasteiger partial charge in [-0.05, 0) is 24.3 Å². The van der Waals surface area contributed by atoms with Crippen molar-refractivity contribution in [2.24, 2.45) is 0 Å². The van der Waals surface area contributed by atoms with E-state index in [0.29, 0.717) is 23.0 Å². The maximum Gasteiger partial charge on any atom is 0.251 e. The number of hydrogen-bond acceptors (Lipinski definition) is 4. The summed E-state index contributed by atoms with van der Waals surface area (Å²) >= 11 is 7.26. The van der Waals surface area contributed by atoms with Gasteiger partial charge in [0.2, 0.25) is 0 Å². The Morgan fingerprint density at radius 1 is 1.40 bits per heavy atom. The SMILES string of the molecule is C=CCNC(=O)c1ccc(NCc2ncc(Cl)s2)cc1. The second-order valence-electron chi connectivity index (χ2n) is 3.99. The Morgan fingerprint density at radius 2 is 2.15 bits per heavy atom. The van der Waals surface area contributed by atoms with E-state index in [1.54, 1.807) is 24.4 Å². The summed E-state index contributed by atoms with van der Waals surface area (Å²) in [5.74, 6) is -0.108. The number of hydrogen-bond donors (Lipinski definition) is 2. The van der Waals surface area contributed by atoms with E-state index < -0.39 is 0 Å². The Bertz CT molecular complexity index is 595. The molecule has 1 heterocycles. The van der Waals surface area contributed by atoms with Crippen LogP contribution in [0.25, 0.3) is 0 Å². The summed E-state index contributed by atoms with van der Waals surface area (Å²) in [6.07, 6.45) is 3.28. The Balaban J connectivity index is 1.91. The largest absolute Gasteiger partial charge is 0.379 e. The molecular formula is C14H14ClN3OS. The quantitative estimate of drug-likeness (QED) is 0.805. The summed E-state index contributed by atoms with van der Waals surface area (Å²) < 4.78 is 0.677. The van der Waals surface area contributed by atoms with Gasteiger partial charge >= 0.3 is 0 Å². The zero-order valence-electron chi connectivity index (χ0n) is 10.7. The third-order valence-corrected chi connectivity index (χ3v) is 3.64.